The minimum absolute atomic E-state index is 0.0746. The molecule has 0 radical (unpaired) electrons. The molecule has 0 aromatic carbocycles. The number of rotatable bonds is 9. The van der Waals surface area contributed by atoms with Gasteiger partial charge in [0.25, 0.3) is 0 Å². The number of ketones is 1. The van der Waals surface area contributed by atoms with Gasteiger partial charge in [0.15, 0.2) is 0 Å². The maximum Gasteiger partial charge on any atom is 0.303 e. The van der Waals surface area contributed by atoms with Gasteiger partial charge >= 0.3 is 5.97 Å². The summed E-state index contributed by atoms with van der Waals surface area (Å²) in [6.45, 7) is 2.09. The second-order valence-corrected chi connectivity index (χ2v) is 5.80. The Hall–Kier alpha value is -1.20. The van der Waals surface area contributed by atoms with Crippen LogP contribution in [0.15, 0.2) is 12.2 Å². The van der Waals surface area contributed by atoms with Crippen LogP contribution in [-0.2, 0) is 9.59 Å². The summed E-state index contributed by atoms with van der Waals surface area (Å²) in [5.41, 5.74) is 0. The Bertz CT molecular complexity index is 377. The number of carboxylic acid groups (broad SMARTS) is 1. The maximum absolute atomic E-state index is 11.8. The summed E-state index contributed by atoms with van der Waals surface area (Å²) >= 11 is 0. The number of Topliss-reactive ketones (excluding diaryl/α,β-unsaturated/α-hetero) is 1. The first-order chi connectivity index (χ1) is 9.95. The molecule has 1 fully saturated rings. The Balaban J connectivity index is 2.55. The molecule has 0 aromatic rings. The quantitative estimate of drug-likeness (QED) is 0.446. The number of aliphatic hydroxyl groups is 2. The lowest BCUT2D eigenvalue weighted by Crippen LogP contribution is -2.20. The van der Waals surface area contributed by atoms with Crippen LogP contribution in [0.3, 0.4) is 0 Å². The van der Waals surface area contributed by atoms with Crippen LogP contribution in [0, 0.1) is 11.8 Å². The second kappa shape index (κ2) is 8.95. The van der Waals surface area contributed by atoms with Gasteiger partial charge in [-0.05, 0) is 12.8 Å². The predicted octanol–water partition coefficient (Wildman–Crippen LogP) is 1.91. The molecular weight excluding hydrogens is 272 g/mol. The monoisotopic (exact) mass is 298 g/mol. The van der Waals surface area contributed by atoms with Gasteiger partial charge in [-0.2, -0.15) is 0 Å². The molecule has 120 valence electrons. The summed E-state index contributed by atoms with van der Waals surface area (Å²) < 4.78 is 0. The Morgan fingerprint density at radius 2 is 2.14 bits per heavy atom. The third kappa shape index (κ3) is 5.98. The SMILES string of the molecule is CCCCCC(O)C=CC1C(O)CC(=O)C1CCC(=O)O. The predicted molar refractivity (Wildman–Crippen MR) is 78.8 cm³/mol. The second-order valence-electron chi connectivity index (χ2n) is 5.80. The molecule has 0 spiro atoms. The number of hydrogen-bond donors (Lipinski definition) is 3. The molecular formula is C16H26O5. The van der Waals surface area contributed by atoms with Gasteiger partial charge in [-0.25, -0.2) is 0 Å². The van der Waals surface area contributed by atoms with E-state index in [0.717, 1.165) is 19.3 Å². The number of aliphatic carboxylic acids is 1. The Morgan fingerprint density at radius 3 is 2.76 bits per heavy atom. The van der Waals surface area contributed by atoms with Crippen molar-refractivity contribution in [3.8, 4) is 0 Å². The molecule has 1 saturated carbocycles. The van der Waals surface area contributed by atoms with Crippen molar-refractivity contribution in [2.45, 2.75) is 64.1 Å². The summed E-state index contributed by atoms with van der Waals surface area (Å²) in [5.74, 6) is -1.85. The topological polar surface area (TPSA) is 94.8 Å². The highest BCUT2D eigenvalue weighted by Crippen LogP contribution is 2.33. The van der Waals surface area contributed by atoms with E-state index in [-0.39, 0.29) is 31.0 Å². The van der Waals surface area contributed by atoms with E-state index in [4.69, 9.17) is 5.11 Å². The zero-order valence-electron chi connectivity index (χ0n) is 12.6. The average Bonchev–Trinajstić information content (AvgIpc) is 2.68. The molecule has 1 rings (SSSR count). The minimum Gasteiger partial charge on any atom is -0.481 e. The zero-order chi connectivity index (χ0) is 15.8. The van der Waals surface area contributed by atoms with E-state index in [2.05, 4.69) is 6.92 Å². The van der Waals surface area contributed by atoms with Gasteiger partial charge in [0.1, 0.15) is 5.78 Å². The van der Waals surface area contributed by atoms with Crippen molar-refractivity contribution >= 4 is 11.8 Å². The summed E-state index contributed by atoms with van der Waals surface area (Å²) in [4.78, 5) is 22.4. The van der Waals surface area contributed by atoms with Crippen LogP contribution in [0.1, 0.15) is 51.9 Å². The lowest BCUT2D eigenvalue weighted by atomic mass is 9.89. The summed E-state index contributed by atoms with van der Waals surface area (Å²) in [6, 6.07) is 0. The Morgan fingerprint density at radius 1 is 1.43 bits per heavy atom. The van der Waals surface area contributed by atoms with E-state index >= 15 is 0 Å². The van der Waals surface area contributed by atoms with E-state index in [1.807, 2.05) is 0 Å². The number of aliphatic hydroxyl groups excluding tert-OH is 2. The van der Waals surface area contributed by atoms with Crippen LogP contribution in [0.5, 0.6) is 0 Å². The summed E-state index contributed by atoms with van der Waals surface area (Å²) in [5, 5.41) is 28.5. The van der Waals surface area contributed by atoms with Crippen molar-refractivity contribution in [1.29, 1.82) is 0 Å². The van der Waals surface area contributed by atoms with Crippen molar-refractivity contribution in [1.82, 2.24) is 0 Å². The molecule has 5 heteroatoms. The Kier molecular flexibility index (Phi) is 7.61. The van der Waals surface area contributed by atoms with Crippen molar-refractivity contribution < 1.29 is 24.9 Å². The van der Waals surface area contributed by atoms with Crippen molar-refractivity contribution in [2.75, 3.05) is 0 Å². The molecule has 1 aliphatic rings. The molecule has 4 unspecified atom stereocenters. The molecule has 0 aliphatic heterocycles. The first-order valence-corrected chi connectivity index (χ1v) is 7.74. The summed E-state index contributed by atoms with van der Waals surface area (Å²) in [7, 11) is 0. The van der Waals surface area contributed by atoms with Gasteiger partial charge < -0.3 is 15.3 Å². The van der Waals surface area contributed by atoms with Gasteiger partial charge in [0.2, 0.25) is 0 Å². The third-order valence-corrected chi connectivity index (χ3v) is 4.06. The highest BCUT2D eigenvalue weighted by Gasteiger charge is 2.39. The molecule has 0 aromatic heterocycles. The van der Waals surface area contributed by atoms with Gasteiger partial charge in [-0.3, -0.25) is 9.59 Å². The fourth-order valence-electron chi connectivity index (χ4n) is 2.83. The van der Waals surface area contributed by atoms with Crippen LogP contribution in [0.4, 0.5) is 0 Å². The van der Waals surface area contributed by atoms with Crippen LogP contribution >= 0.6 is 0 Å². The molecule has 0 saturated heterocycles. The lowest BCUT2D eigenvalue weighted by molar-refractivity contribution is -0.137. The fraction of sp³-hybridized carbons (Fsp3) is 0.750. The smallest absolute Gasteiger partial charge is 0.303 e. The molecule has 5 nitrogen and oxygen atoms in total. The van der Waals surface area contributed by atoms with E-state index in [1.165, 1.54) is 0 Å². The highest BCUT2D eigenvalue weighted by atomic mass is 16.4. The molecule has 1 aliphatic carbocycles. The van der Waals surface area contributed by atoms with E-state index < -0.39 is 24.1 Å². The number of unbranched alkanes of at least 4 members (excludes halogenated alkanes) is 2. The van der Waals surface area contributed by atoms with Crippen molar-refractivity contribution in [3.63, 3.8) is 0 Å². The average molecular weight is 298 g/mol. The van der Waals surface area contributed by atoms with Crippen LogP contribution in [-0.4, -0.2) is 39.3 Å². The standard InChI is InChI=1S/C16H26O5/c1-2-3-4-5-11(17)6-7-12-13(8-9-16(20)21)15(19)10-14(12)18/h6-7,11-14,17-18H,2-5,8-10H2,1H3,(H,20,21). The molecule has 0 amide bonds. The van der Waals surface area contributed by atoms with Gasteiger partial charge in [-0.15, -0.1) is 0 Å². The molecule has 0 bridgehead atoms. The van der Waals surface area contributed by atoms with Gasteiger partial charge in [0.05, 0.1) is 12.2 Å². The normalized spacial score (nSPS) is 27.4. The first-order valence-electron chi connectivity index (χ1n) is 7.74. The molecule has 3 N–H and O–H groups in total. The molecule has 21 heavy (non-hydrogen) atoms. The third-order valence-electron chi connectivity index (χ3n) is 4.06. The van der Waals surface area contributed by atoms with E-state index in [1.54, 1.807) is 12.2 Å². The number of carbonyl (C=O) groups is 2. The first kappa shape index (κ1) is 17.9. The van der Waals surface area contributed by atoms with Crippen molar-refractivity contribution in [2.24, 2.45) is 11.8 Å². The maximum atomic E-state index is 11.8. The zero-order valence-corrected chi connectivity index (χ0v) is 12.6. The number of hydrogen-bond acceptors (Lipinski definition) is 4. The van der Waals surface area contributed by atoms with Gasteiger partial charge in [0, 0.05) is 24.7 Å². The molecule has 0 heterocycles. The minimum atomic E-state index is -0.938. The summed E-state index contributed by atoms with van der Waals surface area (Å²) in [6.07, 6.45) is 5.99. The Labute approximate surface area is 125 Å². The number of carbonyl (C=O) groups excluding carboxylic acids is 1. The highest BCUT2D eigenvalue weighted by molar-refractivity contribution is 5.85. The van der Waals surface area contributed by atoms with Gasteiger partial charge in [-0.1, -0.05) is 38.3 Å². The van der Waals surface area contributed by atoms with Crippen molar-refractivity contribution in [3.05, 3.63) is 12.2 Å². The van der Waals surface area contributed by atoms with Crippen LogP contribution in [0.25, 0.3) is 0 Å². The van der Waals surface area contributed by atoms with E-state index in [9.17, 15) is 19.8 Å². The molecule has 4 atom stereocenters. The number of carboxylic acids is 1. The lowest BCUT2D eigenvalue weighted by Gasteiger charge is -2.17. The van der Waals surface area contributed by atoms with Crippen LogP contribution < -0.4 is 0 Å². The van der Waals surface area contributed by atoms with E-state index in [0.29, 0.717) is 6.42 Å². The fourth-order valence-corrected chi connectivity index (χ4v) is 2.83. The van der Waals surface area contributed by atoms with Crippen LogP contribution in [0.2, 0.25) is 0 Å². The largest absolute Gasteiger partial charge is 0.481 e.